The van der Waals surface area contributed by atoms with Gasteiger partial charge in [0.1, 0.15) is 11.3 Å². The monoisotopic (exact) mass is 400 g/mol. The lowest BCUT2D eigenvalue weighted by atomic mass is 10.1. The molecular weight excluding hydrogens is 376 g/mol. The number of nitrogens with one attached hydrogen (secondary N) is 2. The Labute approximate surface area is 164 Å². The molecule has 1 saturated heterocycles. The van der Waals surface area contributed by atoms with Crippen LogP contribution >= 0.6 is 0 Å². The quantitative estimate of drug-likeness (QED) is 0.659. The predicted octanol–water partition coefficient (Wildman–Crippen LogP) is 2.49. The zero-order chi connectivity index (χ0) is 19.7. The number of sulfonamides is 1. The average molecular weight is 401 g/mol. The SMILES string of the molecule is CC(C)CS(=O)(=O)N1CCC(Nc2ncccc2-c2cnc3[nH]ccc3n2)C1. The highest BCUT2D eigenvalue weighted by molar-refractivity contribution is 7.89. The van der Waals surface area contributed by atoms with Gasteiger partial charge < -0.3 is 10.3 Å². The molecule has 0 amide bonds. The van der Waals surface area contributed by atoms with Crippen molar-refractivity contribution in [3.63, 3.8) is 0 Å². The smallest absolute Gasteiger partial charge is 0.214 e. The van der Waals surface area contributed by atoms with Crippen LogP contribution in [0, 0.1) is 5.92 Å². The number of hydrogen-bond acceptors (Lipinski definition) is 6. The first-order valence-corrected chi connectivity index (χ1v) is 11.0. The molecule has 2 N–H and O–H groups in total. The summed E-state index contributed by atoms with van der Waals surface area (Å²) in [6.07, 6.45) is 5.99. The number of pyridine rings is 1. The Kier molecular flexibility index (Phi) is 5.03. The van der Waals surface area contributed by atoms with Gasteiger partial charge in [-0.05, 0) is 30.5 Å². The molecule has 0 aromatic carbocycles. The van der Waals surface area contributed by atoms with Crippen LogP contribution in [0.4, 0.5) is 5.82 Å². The van der Waals surface area contributed by atoms with E-state index in [1.54, 1.807) is 16.7 Å². The summed E-state index contributed by atoms with van der Waals surface area (Å²) in [5, 5.41) is 3.41. The Hall–Kier alpha value is -2.52. The van der Waals surface area contributed by atoms with Gasteiger partial charge in [-0.15, -0.1) is 0 Å². The summed E-state index contributed by atoms with van der Waals surface area (Å²) in [6, 6.07) is 5.70. The van der Waals surface area contributed by atoms with Crippen LogP contribution in [0.1, 0.15) is 20.3 Å². The number of fused-ring (bicyclic) bond motifs is 1. The zero-order valence-electron chi connectivity index (χ0n) is 16.0. The van der Waals surface area contributed by atoms with Gasteiger partial charge >= 0.3 is 0 Å². The molecule has 1 aliphatic rings. The lowest BCUT2D eigenvalue weighted by Gasteiger charge is -2.19. The molecule has 28 heavy (non-hydrogen) atoms. The van der Waals surface area contributed by atoms with Crippen LogP contribution in [-0.2, 0) is 10.0 Å². The fraction of sp³-hybridized carbons (Fsp3) is 0.421. The first kappa shape index (κ1) is 18.8. The van der Waals surface area contributed by atoms with Crippen LogP contribution in [0.25, 0.3) is 22.4 Å². The molecule has 0 bridgehead atoms. The molecule has 1 atom stereocenters. The molecule has 1 fully saturated rings. The number of anilines is 1. The van der Waals surface area contributed by atoms with Gasteiger partial charge in [-0.1, -0.05) is 13.8 Å². The first-order valence-electron chi connectivity index (χ1n) is 9.42. The third kappa shape index (κ3) is 3.85. The van der Waals surface area contributed by atoms with E-state index in [9.17, 15) is 8.42 Å². The Balaban J connectivity index is 1.53. The molecular formula is C19H24N6O2S. The Bertz CT molecular complexity index is 1080. The highest BCUT2D eigenvalue weighted by Gasteiger charge is 2.32. The minimum absolute atomic E-state index is 0.0135. The molecule has 148 valence electrons. The highest BCUT2D eigenvalue weighted by atomic mass is 32.2. The Morgan fingerprint density at radius 2 is 2.18 bits per heavy atom. The summed E-state index contributed by atoms with van der Waals surface area (Å²) in [4.78, 5) is 16.6. The summed E-state index contributed by atoms with van der Waals surface area (Å²) >= 11 is 0. The second-order valence-electron chi connectivity index (χ2n) is 7.53. The molecule has 0 aliphatic carbocycles. The molecule has 0 saturated carbocycles. The van der Waals surface area contributed by atoms with Crippen molar-refractivity contribution in [3.05, 3.63) is 36.8 Å². The number of hydrogen-bond donors (Lipinski definition) is 2. The van der Waals surface area contributed by atoms with Gasteiger partial charge in [-0.2, -0.15) is 4.31 Å². The van der Waals surface area contributed by atoms with E-state index in [0.29, 0.717) is 18.9 Å². The number of nitrogens with zero attached hydrogens (tertiary/aromatic N) is 4. The van der Waals surface area contributed by atoms with Gasteiger partial charge in [0.2, 0.25) is 10.0 Å². The molecule has 9 heteroatoms. The summed E-state index contributed by atoms with van der Waals surface area (Å²) in [7, 11) is -3.22. The third-order valence-corrected chi connectivity index (χ3v) is 6.98. The molecule has 1 unspecified atom stereocenters. The van der Waals surface area contributed by atoms with E-state index in [2.05, 4.69) is 25.3 Å². The van der Waals surface area contributed by atoms with E-state index >= 15 is 0 Å². The molecule has 1 aliphatic heterocycles. The maximum Gasteiger partial charge on any atom is 0.214 e. The first-order chi connectivity index (χ1) is 13.4. The molecule has 3 aromatic rings. The third-order valence-electron chi connectivity index (χ3n) is 4.77. The van der Waals surface area contributed by atoms with Crippen LogP contribution in [0.2, 0.25) is 0 Å². The van der Waals surface area contributed by atoms with E-state index < -0.39 is 10.0 Å². The van der Waals surface area contributed by atoms with Crippen LogP contribution < -0.4 is 5.32 Å². The topological polar surface area (TPSA) is 104 Å². The second kappa shape index (κ2) is 7.48. The highest BCUT2D eigenvalue weighted by Crippen LogP contribution is 2.27. The molecule has 4 heterocycles. The predicted molar refractivity (Wildman–Crippen MR) is 109 cm³/mol. The summed E-state index contributed by atoms with van der Waals surface area (Å²) < 4.78 is 26.6. The molecule has 0 radical (unpaired) electrons. The van der Waals surface area contributed by atoms with Gasteiger partial charge in [0.25, 0.3) is 0 Å². The van der Waals surface area contributed by atoms with Crippen LogP contribution in [0.3, 0.4) is 0 Å². The lowest BCUT2D eigenvalue weighted by Crippen LogP contribution is -2.34. The van der Waals surface area contributed by atoms with E-state index in [4.69, 9.17) is 0 Å². The van der Waals surface area contributed by atoms with Gasteiger partial charge in [-0.3, -0.25) is 0 Å². The minimum Gasteiger partial charge on any atom is -0.365 e. The fourth-order valence-corrected chi connectivity index (χ4v) is 5.35. The van der Waals surface area contributed by atoms with Gasteiger partial charge in [0.15, 0.2) is 5.65 Å². The zero-order valence-corrected chi connectivity index (χ0v) is 16.8. The maximum atomic E-state index is 12.5. The summed E-state index contributed by atoms with van der Waals surface area (Å²) in [5.74, 6) is 0.988. The Morgan fingerprint density at radius 1 is 1.32 bits per heavy atom. The van der Waals surface area contributed by atoms with Crippen molar-refractivity contribution in [1.29, 1.82) is 0 Å². The molecule has 4 rings (SSSR count). The molecule has 8 nitrogen and oxygen atoms in total. The van der Waals surface area contributed by atoms with Gasteiger partial charge in [-0.25, -0.2) is 23.4 Å². The number of H-pyrrole nitrogens is 1. The van der Waals surface area contributed by atoms with Crippen molar-refractivity contribution < 1.29 is 8.42 Å². The fourth-order valence-electron chi connectivity index (χ4n) is 3.51. The average Bonchev–Trinajstić information content (AvgIpc) is 3.30. The number of rotatable bonds is 6. The number of aromatic amines is 1. The van der Waals surface area contributed by atoms with Crippen molar-refractivity contribution >= 4 is 27.0 Å². The van der Waals surface area contributed by atoms with Crippen molar-refractivity contribution in [2.24, 2.45) is 5.92 Å². The summed E-state index contributed by atoms with van der Waals surface area (Å²) in [6.45, 7) is 4.83. The van der Waals surface area contributed by atoms with Crippen LogP contribution in [0.15, 0.2) is 36.8 Å². The van der Waals surface area contributed by atoms with Crippen LogP contribution in [0.5, 0.6) is 0 Å². The maximum absolute atomic E-state index is 12.5. The van der Waals surface area contributed by atoms with E-state index in [1.807, 2.05) is 38.2 Å². The van der Waals surface area contributed by atoms with Crippen molar-refractivity contribution in [2.45, 2.75) is 26.3 Å². The largest absolute Gasteiger partial charge is 0.365 e. The Morgan fingerprint density at radius 3 is 3.00 bits per heavy atom. The second-order valence-corrected chi connectivity index (χ2v) is 9.54. The molecule has 0 spiro atoms. The van der Waals surface area contributed by atoms with E-state index in [0.717, 1.165) is 28.8 Å². The van der Waals surface area contributed by atoms with Crippen molar-refractivity contribution in [1.82, 2.24) is 24.2 Å². The number of aromatic nitrogens is 4. The lowest BCUT2D eigenvalue weighted by molar-refractivity contribution is 0.467. The summed E-state index contributed by atoms with van der Waals surface area (Å²) in [5.41, 5.74) is 3.11. The van der Waals surface area contributed by atoms with Crippen molar-refractivity contribution in [3.8, 4) is 11.3 Å². The van der Waals surface area contributed by atoms with Crippen LogP contribution in [-0.4, -0.2) is 57.5 Å². The molecule has 3 aromatic heterocycles. The van der Waals surface area contributed by atoms with Gasteiger partial charge in [0, 0.05) is 37.1 Å². The van der Waals surface area contributed by atoms with E-state index in [-0.39, 0.29) is 17.7 Å². The minimum atomic E-state index is -3.22. The van der Waals surface area contributed by atoms with Crippen molar-refractivity contribution in [2.75, 3.05) is 24.2 Å². The standard InChI is InChI=1S/C19H24N6O2S/c1-13(2)12-28(26,27)25-9-6-14(11-25)23-18-15(4-3-7-20-18)17-10-22-19-16(24-17)5-8-21-19/h3-5,7-8,10,13-14H,6,9,11-12H2,1-2H3,(H,20,23)(H,21,22). The van der Waals surface area contributed by atoms with E-state index in [1.165, 1.54) is 0 Å². The van der Waals surface area contributed by atoms with Gasteiger partial charge in [0.05, 0.1) is 17.6 Å². The normalized spacial score (nSPS) is 18.2.